The van der Waals surface area contributed by atoms with Gasteiger partial charge in [0.05, 0.1) is 19.8 Å². The highest BCUT2D eigenvalue weighted by Gasteiger charge is 1.85. The summed E-state index contributed by atoms with van der Waals surface area (Å²) in [6.45, 7) is 4.67. The van der Waals surface area contributed by atoms with E-state index in [0.717, 1.165) is 0 Å². The zero-order valence-corrected chi connectivity index (χ0v) is 6.69. The van der Waals surface area contributed by atoms with Crippen molar-refractivity contribution in [1.29, 1.82) is 0 Å². The summed E-state index contributed by atoms with van der Waals surface area (Å²) in [5, 5.41) is 3.30. The van der Waals surface area contributed by atoms with Gasteiger partial charge in [0.2, 0.25) is 0 Å². The Morgan fingerprint density at radius 3 is 2.64 bits per heavy atom. The third-order valence-corrected chi connectivity index (χ3v) is 0.975. The van der Waals surface area contributed by atoms with Crippen LogP contribution in [0, 0.1) is 0 Å². The summed E-state index contributed by atoms with van der Waals surface area (Å²) in [7, 11) is 0. The lowest BCUT2D eigenvalue weighted by atomic mass is 10.7. The lowest BCUT2D eigenvalue weighted by molar-refractivity contribution is 0.0561. The van der Waals surface area contributed by atoms with Gasteiger partial charge in [0.15, 0.2) is 0 Å². The minimum atomic E-state index is 0.391. The average Bonchev–Trinajstić information content (AvgIpc) is 2.03. The Morgan fingerprint density at radius 1 is 1.27 bits per heavy atom. The Labute approximate surface area is 65.9 Å². The Kier molecular flexibility index (Phi) is 8.58. The topological polar surface area (TPSA) is 67.2 Å². The molecule has 0 atom stereocenters. The van der Waals surface area contributed by atoms with E-state index in [2.05, 4.69) is 10.0 Å². The molecule has 0 aliphatic rings. The van der Waals surface area contributed by atoms with E-state index in [1.54, 1.807) is 0 Å². The average molecular weight is 159 g/mol. The SMILES string of the molecule is CCOCCOCCN=[N+]=[N-]. The van der Waals surface area contributed by atoms with Crippen LogP contribution in [0.5, 0.6) is 0 Å². The van der Waals surface area contributed by atoms with Gasteiger partial charge in [0, 0.05) is 18.1 Å². The van der Waals surface area contributed by atoms with Gasteiger partial charge in [0.25, 0.3) is 0 Å². The Morgan fingerprint density at radius 2 is 2.00 bits per heavy atom. The molecule has 0 bridgehead atoms. The van der Waals surface area contributed by atoms with Crippen LogP contribution in [-0.4, -0.2) is 33.0 Å². The van der Waals surface area contributed by atoms with Gasteiger partial charge in [-0.05, 0) is 12.5 Å². The normalized spacial score (nSPS) is 9.18. The van der Waals surface area contributed by atoms with Gasteiger partial charge in [0.1, 0.15) is 0 Å². The predicted octanol–water partition coefficient (Wildman–Crippen LogP) is 1.35. The van der Waals surface area contributed by atoms with Crippen molar-refractivity contribution in [2.24, 2.45) is 5.11 Å². The van der Waals surface area contributed by atoms with Gasteiger partial charge in [-0.3, -0.25) is 0 Å². The molecule has 5 heteroatoms. The third-order valence-electron chi connectivity index (χ3n) is 0.975. The lowest BCUT2D eigenvalue weighted by Gasteiger charge is -2.00. The van der Waals surface area contributed by atoms with Crippen molar-refractivity contribution in [1.82, 2.24) is 0 Å². The molecule has 0 aromatic carbocycles. The van der Waals surface area contributed by atoms with Crippen molar-refractivity contribution in [3.63, 3.8) is 0 Å². The molecule has 0 amide bonds. The number of azide groups is 1. The molecule has 0 heterocycles. The molecule has 64 valence electrons. The second-order valence-electron chi connectivity index (χ2n) is 1.76. The Balaban J connectivity index is 2.84. The maximum atomic E-state index is 7.89. The fourth-order valence-corrected chi connectivity index (χ4v) is 0.514. The number of nitrogens with zero attached hydrogens (tertiary/aromatic N) is 3. The van der Waals surface area contributed by atoms with Crippen LogP contribution in [-0.2, 0) is 9.47 Å². The van der Waals surface area contributed by atoms with E-state index in [0.29, 0.717) is 33.0 Å². The van der Waals surface area contributed by atoms with Crippen LogP contribution < -0.4 is 0 Å². The van der Waals surface area contributed by atoms with Crippen LogP contribution in [0.2, 0.25) is 0 Å². The molecule has 0 radical (unpaired) electrons. The van der Waals surface area contributed by atoms with Crippen molar-refractivity contribution < 1.29 is 9.47 Å². The number of ether oxygens (including phenoxy) is 2. The molecule has 11 heavy (non-hydrogen) atoms. The van der Waals surface area contributed by atoms with E-state index in [1.165, 1.54) is 0 Å². The summed E-state index contributed by atoms with van der Waals surface area (Å²) in [5.41, 5.74) is 7.89. The zero-order valence-electron chi connectivity index (χ0n) is 6.69. The van der Waals surface area contributed by atoms with E-state index in [-0.39, 0.29) is 0 Å². The summed E-state index contributed by atoms with van der Waals surface area (Å²) < 4.78 is 10.1. The second kappa shape index (κ2) is 9.23. The molecule has 0 N–H and O–H groups in total. The fourth-order valence-electron chi connectivity index (χ4n) is 0.514. The fraction of sp³-hybridized carbons (Fsp3) is 1.00. The highest BCUT2D eigenvalue weighted by molar-refractivity contribution is 4.43. The minimum absolute atomic E-state index is 0.391. The van der Waals surface area contributed by atoms with Gasteiger partial charge >= 0.3 is 0 Å². The summed E-state index contributed by atoms with van der Waals surface area (Å²) in [6.07, 6.45) is 0. The lowest BCUT2D eigenvalue weighted by Crippen LogP contribution is -2.06. The van der Waals surface area contributed by atoms with Gasteiger partial charge in [-0.25, -0.2) is 0 Å². The maximum Gasteiger partial charge on any atom is 0.0700 e. The van der Waals surface area contributed by atoms with Crippen LogP contribution in [0.1, 0.15) is 6.92 Å². The van der Waals surface area contributed by atoms with Crippen LogP contribution in [0.3, 0.4) is 0 Å². The molecular weight excluding hydrogens is 146 g/mol. The largest absolute Gasteiger partial charge is 0.379 e. The highest BCUT2D eigenvalue weighted by atomic mass is 16.5. The van der Waals surface area contributed by atoms with Gasteiger partial charge in [-0.2, -0.15) is 0 Å². The van der Waals surface area contributed by atoms with Crippen LogP contribution in [0.25, 0.3) is 10.4 Å². The first kappa shape index (κ1) is 10.2. The van der Waals surface area contributed by atoms with Crippen molar-refractivity contribution in [2.45, 2.75) is 6.92 Å². The molecule has 0 fully saturated rings. The van der Waals surface area contributed by atoms with E-state index in [9.17, 15) is 0 Å². The van der Waals surface area contributed by atoms with Gasteiger partial charge in [-0.1, -0.05) is 5.11 Å². The molecule has 0 aromatic rings. The van der Waals surface area contributed by atoms with E-state index >= 15 is 0 Å². The molecule has 0 aliphatic heterocycles. The summed E-state index contributed by atoms with van der Waals surface area (Å²) in [5.74, 6) is 0. The smallest absolute Gasteiger partial charge is 0.0700 e. The van der Waals surface area contributed by atoms with E-state index in [1.807, 2.05) is 6.92 Å². The van der Waals surface area contributed by atoms with Crippen molar-refractivity contribution in [3.05, 3.63) is 10.4 Å². The number of hydrogen-bond donors (Lipinski definition) is 0. The first-order chi connectivity index (χ1) is 5.41. The molecule has 5 nitrogen and oxygen atoms in total. The molecule has 0 saturated heterocycles. The summed E-state index contributed by atoms with van der Waals surface area (Å²) >= 11 is 0. The number of hydrogen-bond acceptors (Lipinski definition) is 3. The second-order valence-corrected chi connectivity index (χ2v) is 1.76. The van der Waals surface area contributed by atoms with Gasteiger partial charge < -0.3 is 9.47 Å². The van der Waals surface area contributed by atoms with Crippen molar-refractivity contribution in [3.8, 4) is 0 Å². The monoisotopic (exact) mass is 159 g/mol. The van der Waals surface area contributed by atoms with E-state index < -0.39 is 0 Å². The Hall–Kier alpha value is -0.770. The maximum absolute atomic E-state index is 7.89. The standard InChI is InChI=1S/C6H13N3O2/c1-2-10-5-6-11-4-3-8-9-7/h2-6H2,1H3. The molecule has 0 rings (SSSR count). The molecule has 0 saturated carbocycles. The van der Waals surface area contributed by atoms with E-state index in [4.69, 9.17) is 15.0 Å². The molecule has 0 aromatic heterocycles. The molecule has 0 unspecified atom stereocenters. The van der Waals surface area contributed by atoms with Crippen molar-refractivity contribution in [2.75, 3.05) is 33.0 Å². The molecular formula is C6H13N3O2. The highest BCUT2D eigenvalue weighted by Crippen LogP contribution is 1.79. The number of rotatable bonds is 7. The third kappa shape index (κ3) is 9.23. The first-order valence-electron chi connectivity index (χ1n) is 3.58. The van der Waals surface area contributed by atoms with Crippen LogP contribution in [0.15, 0.2) is 5.11 Å². The van der Waals surface area contributed by atoms with Crippen LogP contribution in [0.4, 0.5) is 0 Å². The first-order valence-corrected chi connectivity index (χ1v) is 3.58. The van der Waals surface area contributed by atoms with Crippen LogP contribution >= 0.6 is 0 Å². The molecule has 0 aliphatic carbocycles. The van der Waals surface area contributed by atoms with Gasteiger partial charge in [-0.15, -0.1) is 0 Å². The quantitative estimate of drug-likeness (QED) is 0.243. The molecule has 0 spiro atoms. The van der Waals surface area contributed by atoms with Crippen molar-refractivity contribution >= 4 is 0 Å². The minimum Gasteiger partial charge on any atom is -0.379 e. The Bertz CT molecular complexity index is 123. The summed E-state index contributed by atoms with van der Waals surface area (Å²) in [4.78, 5) is 2.58. The summed E-state index contributed by atoms with van der Waals surface area (Å²) in [6, 6.07) is 0. The zero-order chi connectivity index (χ0) is 8.36. The predicted molar refractivity (Wildman–Crippen MR) is 41.3 cm³/mol.